The Bertz CT molecular complexity index is 195. The van der Waals surface area contributed by atoms with Crippen molar-refractivity contribution in [2.45, 2.75) is 33.2 Å². The van der Waals surface area contributed by atoms with Crippen LogP contribution in [0.4, 0.5) is 0 Å². The van der Waals surface area contributed by atoms with Crippen LogP contribution in [-0.2, 0) is 0 Å². The van der Waals surface area contributed by atoms with E-state index in [1.165, 1.54) is 0 Å². The van der Waals surface area contributed by atoms with Crippen LogP contribution in [0.15, 0.2) is 0 Å². The van der Waals surface area contributed by atoms with Crippen molar-refractivity contribution in [1.29, 1.82) is 5.26 Å². The summed E-state index contributed by atoms with van der Waals surface area (Å²) in [6, 6.07) is 2.31. The molecule has 0 saturated carbocycles. The first-order valence-electron chi connectivity index (χ1n) is 5.30. The van der Waals surface area contributed by atoms with Crippen molar-refractivity contribution in [3.8, 4) is 6.07 Å². The van der Waals surface area contributed by atoms with Gasteiger partial charge in [-0.05, 0) is 26.4 Å². The SMILES string of the molecule is CCN(CC(C)C)CC(C)(C#N)NC. The molecule has 0 aliphatic heterocycles. The van der Waals surface area contributed by atoms with Gasteiger partial charge in [-0.2, -0.15) is 5.26 Å². The molecule has 0 rings (SSSR count). The minimum Gasteiger partial charge on any atom is -0.302 e. The van der Waals surface area contributed by atoms with Crippen LogP contribution in [0.5, 0.6) is 0 Å². The maximum atomic E-state index is 9.02. The highest BCUT2D eigenvalue weighted by molar-refractivity contribution is 5.04. The van der Waals surface area contributed by atoms with E-state index in [0.29, 0.717) is 5.92 Å². The summed E-state index contributed by atoms with van der Waals surface area (Å²) in [7, 11) is 1.84. The normalized spacial score (nSPS) is 15.6. The summed E-state index contributed by atoms with van der Waals surface area (Å²) in [6.07, 6.45) is 0. The third-order valence-corrected chi connectivity index (χ3v) is 2.41. The maximum absolute atomic E-state index is 9.02. The van der Waals surface area contributed by atoms with Gasteiger partial charge in [-0.1, -0.05) is 20.8 Å². The molecule has 0 aliphatic rings. The van der Waals surface area contributed by atoms with Crippen molar-refractivity contribution in [1.82, 2.24) is 10.2 Å². The second-order valence-electron chi connectivity index (χ2n) is 4.42. The molecule has 0 bridgehead atoms. The van der Waals surface area contributed by atoms with Crippen molar-refractivity contribution in [3.05, 3.63) is 0 Å². The zero-order valence-electron chi connectivity index (χ0n) is 10.1. The molecule has 14 heavy (non-hydrogen) atoms. The average Bonchev–Trinajstić information content (AvgIpc) is 2.16. The average molecular weight is 197 g/mol. The quantitative estimate of drug-likeness (QED) is 0.701. The third-order valence-electron chi connectivity index (χ3n) is 2.41. The van der Waals surface area contributed by atoms with Gasteiger partial charge in [0.25, 0.3) is 0 Å². The fraction of sp³-hybridized carbons (Fsp3) is 0.909. The minimum absolute atomic E-state index is 0.426. The highest BCUT2D eigenvalue weighted by Crippen LogP contribution is 2.07. The number of nitrogens with zero attached hydrogens (tertiary/aromatic N) is 2. The lowest BCUT2D eigenvalue weighted by Gasteiger charge is -2.30. The Hall–Kier alpha value is -0.590. The summed E-state index contributed by atoms with van der Waals surface area (Å²) in [5.74, 6) is 0.648. The van der Waals surface area contributed by atoms with Gasteiger partial charge in [-0.25, -0.2) is 0 Å². The molecule has 1 unspecified atom stereocenters. The molecule has 1 N–H and O–H groups in total. The smallest absolute Gasteiger partial charge is 0.116 e. The molecule has 0 aliphatic carbocycles. The number of nitrogens with one attached hydrogen (secondary N) is 1. The molecule has 0 aromatic carbocycles. The number of rotatable bonds is 6. The van der Waals surface area contributed by atoms with Crippen LogP contribution in [0.1, 0.15) is 27.7 Å². The standard InChI is InChI=1S/C11H23N3/c1-6-14(7-10(2)3)9-11(4,8-12)13-5/h10,13H,6-7,9H2,1-5H3. The summed E-state index contributed by atoms with van der Waals surface area (Å²) >= 11 is 0. The van der Waals surface area contributed by atoms with Crippen molar-refractivity contribution in [3.63, 3.8) is 0 Å². The summed E-state index contributed by atoms with van der Waals surface area (Å²) in [5, 5.41) is 12.1. The highest BCUT2D eigenvalue weighted by Gasteiger charge is 2.24. The van der Waals surface area contributed by atoms with E-state index in [4.69, 9.17) is 5.26 Å². The van der Waals surface area contributed by atoms with Crippen LogP contribution in [0, 0.1) is 17.2 Å². The van der Waals surface area contributed by atoms with Crippen LogP contribution in [0.3, 0.4) is 0 Å². The first kappa shape index (κ1) is 13.4. The predicted octanol–water partition coefficient (Wildman–Crippen LogP) is 1.47. The van der Waals surface area contributed by atoms with E-state index >= 15 is 0 Å². The van der Waals surface area contributed by atoms with E-state index in [1.54, 1.807) is 0 Å². The van der Waals surface area contributed by atoms with Crippen molar-refractivity contribution < 1.29 is 0 Å². The van der Waals surface area contributed by atoms with Crippen molar-refractivity contribution >= 4 is 0 Å². The first-order valence-corrected chi connectivity index (χ1v) is 5.30. The molecule has 0 radical (unpaired) electrons. The summed E-state index contributed by atoms with van der Waals surface area (Å²) in [5.41, 5.74) is -0.426. The zero-order valence-corrected chi connectivity index (χ0v) is 10.1. The van der Waals surface area contributed by atoms with Crippen LogP contribution < -0.4 is 5.32 Å². The highest BCUT2D eigenvalue weighted by atomic mass is 15.2. The molecule has 0 heterocycles. The zero-order chi connectivity index (χ0) is 11.2. The first-order chi connectivity index (χ1) is 6.47. The van der Waals surface area contributed by atoms with E-state index in [1.807, 2.05) is 14.0 Å². The summed E-state index contributed by atoms with van der Waals surface area (Å²) in [4.78, 5) is 2.31. The number of hydrogen-bond acceptors (Lipinski definition) is 3. The Labute approximate surface area is 88.1 Å². The van der Waals surface area contributed by atoms with Gasteiger partial charge < -0.3 is 10.2 Å². The monoisotopic (exact) mass is 197 g/mol. The van der Waals surface area contributed by atoms with Gasteiger partial charge in [0.15, 0.2) is 0 Å². The topological polar surface area (TPSA) is 39.1 Å². The van der Waals surface area contributed by atoms with E-state index in [9.17, 15) is 0 Å². The Kier molecular flexibility index (Phi) is 5.75. The molecular formula is C11H23N3. The van der Waals surface area contributed by atoms with E-state index < -0.39 is 5.54 Å². The van der Waals surface area contributed by atoms with Gasteiger partial charge in [-0.15, -0.1) is 0 Å². The molecule has 82 valence electrons. The van der Waals surface area contributed by atoms with Crippen LogP contribution in [0.25, 0.3) is 0 Å². The fourth-order valence-electron chi connectivity index (χ4n) is 1.44. The van der Waals surface area contributed by atoms with Crippen LogP contribution in [0.2, 0.25) is 0 Å². The van der Waals surface area contributed by atoms with Crippen molar-refractivity contribution in [2.24, 2.45) is 5.92 Å². The molecule has 0 aromatic heterocycles. The molecule has 0 saturated heterocycles. The van der Waals surface area contributed by atoms with Gasteiger partial charge in [0.1, 0.15) is 5.54 Å². The second kappa shape index (κ2) is 6.00. The number of hydrogen-bond donors (Lipinski definition) is 1. The summed E-state index contributed by atoms with van der Waals surface area (Å²) < 4.78 is 0. The molecule has 0 amide bonds. The van der Waals surface area contributed by atoms with Crippen LogP contribution in [-0.4, -0.2) is 37.1 Å². The van der Waals surface area contributed by atoms with E-state index in [2.05, 4.69) is 37.1 Å². The molecular weight excluding hydrogens is 174 g/mol. The lowest BCUT2D eigenvalue weighted by Crippen LogP contribution is -2.49. The molecule has 0 fully saturated rings. The van der Waals surface area contributed by atoms with Crippen LogP contribution >= 0.6 is 0 Å². The van der Waals surface area contributed by atoms with Gasteiger partial charge in [0, 0.05) is 13.1 Å². The minimum atomic E-state index is -0.426. The number of nitriles is 1. The number of likely N-dealkylation sites (N-methyl/N-ethyl adjacent to an activating group) is 2. The molecule has 3 nitrogen and oxygen atoms in total. The third kappa shape index (κ3) is 4.59. The van der Waals surface area contributed by atoms with E-state index in [-0.39, 0.29) is 0 Å². The molecule has 0 spiro atoms. The largest absolute Gasteiger partial charge is 0.302 e. The Morgan fingerprint density at radius 2 is 2.07 bits per heavy atom. The lowest BCUT2D eigenvalue weighted by atomic mass is 10.0. The molecule has 0 aromatic rings. The van der Waals surface area contributed by atoms with E-state index in [0.717, 1.165) is 19.6 Å². The van der Waals surface area contributed by atoms with Gasteiger partial charge in [0.2, 0.25) is 0 Å². The Morgan fingerprint density at radius 3 is 2.36 bits per heavy atom. The molecule has 3 heteroatoms. The molecule has 1 atom stereocenters. The Balaban J connectivity index is 4.23. The van der Waals surface area contributed by atoms with Gasteiger partial charge in [-0.3, -0.25) is 0 Å². The van der Waals surface area contributed by atoms with Gasteiger partial charge >= 0.3 is 0 Å². The Morgan fingerprint density at radius 1 is 1.50 bits per heavy atom. The van der Waals surface area contributed by atoms with Gasteiger partial charge in [0.05, 0.1) is 6.07 Å². The van der Waals surface area contributed by atoms with Crippen molar-refractivity contribution in [2.75, 3.05) is 26.7 Å². The summed E-state index contributed by atoms with van der Waals surface area (Å²) in [6.45, 7) is 11.3. The fourth-order valence-corrected chi connectivity index (χ4v) is 1.44. The predicted molar refractivity (Wildman–Crippen MR) is 60.0 cm³/mol. The maximum Gasteiger partial charge on any atom is 0.116 e. The second-order valence-corrected chi connectivity index (χ2v) is 4.42. The lowest BCUT2D eigenvalue weighted by molar-refractivity contribution is 0.213.